The summed E-state index contributed by atoms with van der Waals surface area (Å²) >= 11 is 0. The first-order chi connectivity index (χ1) is 6.70. The molecular weight excluding hydrogens is 180 g/mol. The highest BCUT2D eigenvalue weighted by molar-refractivity contribution is 5.77. The maximum Gasteiger partial charge on any atom is 0.204 e. The number of aromatic nitrogens is 3. The van der Waals surface area contributed by atoms with Crippen molar-refractivity contribution in [3.8, 4) is 0 Å². The second kappa shape index (κ2) is 4.36. The minimum atomic E-state index is 0.250. The van der Waals surface area contributed by atoms with E-state index in [1.54, 1.807) is 10.9 Å². The first-order valence-electron chi connectivity index (χ1n) is 4.10. The molecule has 2 heterocycles. The third-order valence-corrected chi connectivity index (χ3v) is 1.78. The van der Waals surface area contributed by atoms with E-state index in [9.17, 15) is 0 Å². The van der Waals surface area contributed by atoms with Crippen LogP contribution < -0.4 is 5.73 Å². The lowest BCUT2D eigenvalue weighted by atomic mass is 10.3. The molecule has 74 valence electrons. The lowest BCUT2D eigenvalue weighted by molar-refractivity contribution is -0.106. The summed E-state index contributed by atoms with van der Waals surface area (Å²) < 4.78 is 1.80. The average Bonchev–Trinajstić information content (AvgIpc) is 2.45. The largest absolute Gasteiger partial charge is 0.372 e. The van der Waals surface area contributed by atoms with Crippen molar-refractivity contribution in [2.24, 2.45) is 12.8 Å². The van der Waals surface area contributed by atoms with Crippen LogP contribution >= 0.6 is 0 Å². The molecule has 0 saturated carbocycles. The van der Waals surface area contributed by atoms with Crippen LogP contribution in [0, 0.1) is 6.92 Å². The fourth-order valence-electron chi connectivity index (χ4n) is 1.26. The maximum atomic E-state index is 8.58. The molecular formula is C9H12N4O. The number of fused-ring (bicyclic) bond motifs is 1. The Hall–Kier alpha value is -1.91. The Morgan fingerprint density at radius 1 is 1.57 bits per heavy atom. The fourth-order valence-corrected chi connectivity index (χ4v) is 1.26. The van der Waals surface area contributed by atoms with E-state index in [1.165, 1.54) is 0 Å². The summed E-state index contributed by atoms with van der Waals surface area (Å²) in [5, 5.41) is 5.38. The highest BCUT2D eigenvalue weighted by Gasteiger charge is 2.02. The van der Waals surface area contributed by atoms with E-state index >= 15 is 0 Å². The first kappa shape index (κ1) is 10.2. The summed E-state index contributed by atoms with van der Waals surface area (Å²) in [5.74, 6) is 0. The summed E-state index contributed by atoms with van der Waals surface area (Å²) in [7, 11) is 1.91. The smallest absolute Gasteiger partial charge is 0.204 e. The summed E-state index contributed by atoms with van der Waals surface area (Å²) in [4.78, 5) is 12.8. The van der Waals surface area contributed by atoms with Crippen LogP contribution in [0.15, 0.2) is 18.3 Å². The molecule has 0 unspecified atom stereocenters. The molecule has 0 radical (unpaired) electrons. The van der Waals surface area contributed by atoms with E-state index in [0.29, 0.717) is 0 Å². The van der Waals surface area contributed by atoms with Gasteiger partial charge in [0.15, 0.2) is 5.65 Å². The fraction of sp³-hybridized carbons (Fsp3) is 0.222. The summed E-state index contributed by atoms with van der Waals surface area (Å²) in [6.45, 7) is 1.99. The molecule has 0 fully saturated rings. The van der Waals surface area contributed by atoms with Gasteiger partial charge in [-0.25, -0.2) is 4.98 Å². The monoisotopic (exact) mass is 192 g/mol. The number of nitrogens with zero attached hydrogens (tertiary/aromatic N) is 3. The van der Waals surface area contributed by atoms with Crippen LogP contribution in [0.5, 0.6) is 0 Å². The van der Waals surface area contributed by atoms with Crippen molar-refractivity contribution >= 4 is 17.4 Å². The number of hydrogen-bond acceptors (Lipinski definition) is 3. The van der Waals surface area contributed by atoms with Gasteiger partial charge in [-0.3, -0.25) is 9.48 Å². The van der Waals surface area contributed by atoms with Crippen molar-refractivity contribution < 1.29 is 4.79 Å². The van der Waals surface area contributed by atoms with E-state index in [4.69, 9.17) is 4.79 Å². The highest BCUT2D eigenvalue weighted by atomic mass is 16.1. The molecule has 2 N–H and O–H groups in total. The van der Waals surface area contributed by atoms with Crippen molar-refractivity contribution in [1.29, 1.82) is 0 Å². The molecule has 0 aliphatic heterocycles. The predicted molar refractivity (Wildman–Crippen MR) is 53.5 cm³/mol. The van der Waals surface area contributed by atoms with Gasteiger partial charge in [0.2, 0.25) is 6.41 Å². The Labute approximate surface area is 81.5 Å². The number of hydrogen-bond donors (Lipinski definition) is 1. The van der Waals surface area contributed by atoms with E-state index < -0.39 is 0 Å². The van der Waals surface area contributed by atoms with E-state index in [0.717, 1.165) is 16.7 Å². The molecule has 2 aromatic rings. The molecule has 5 heteroatoms. The number of rotatable bonds is 0. The molecule has 0 bridgehead atoms. The SMILES string of the molecule is Cc1nn(C)c2ncccc12.NC=O. The Morgan fingerprint density at radius 2 is 2.21 bits per heavy atom. The van der Waals surface area contributed by atoms with Crippen LogP contribution in [0.2, 0.25) is 0 Å². The Bertz CT molecular complexity index is 399. The normalized spacial score (nSPS) is 9.29. The zero-order valence-electron chi connectivity index (χ0n) is 8.14. The molecule has 1 amide bonds. The first-order valence-corrected chi connectivity index (χ1v) is 4.10. The second-order valence-electron chi connectivity index (χ2n) is 2.72. The Balaban J connectivity index is 0.000000293. The zero-order valence-corrected chi connectivity index (χ0v) is 8.14. The van der Waals surface area contributed by atoms with Crippen molar-refractivity contribution in [2.45, 2.75) is 6.92 Å². The molecule has 0 aliphatic carbocycles. The van der Waals surface area contributed by atoms with Crippen LogP contribution in [0.1, 0.15) is 5.69 Å². The van der Waals surface area contributed by atoms with Crippen molar-refractivity contribution in [3.63, 3.8) is 0 Å². The number of aryl methyl sites for hydroxylation is 2. The number of nitrogens with two attached hydrogens (primary N) is 1. The van der Waals surface area contributed by atoms with Gasteiger partial charge in [-0.1, -0.05) is 0 Å². The number of pyridine rings is 1. The molecule has 0 atom stereocenters. The van der Waals surface area contributed by atoms with Gasteiger partial charge in [0.25, 0.3) is 0 Å². The van der Waals surface area contributed by atoms with Gasteiger partial charge < -0.3 is 5.73 Å². The van der Waals surface area contributed by atoms with Gasteiger partial charge in [-0.15, -0.1) is 0 Å². The van der Waals surface area contributed by atoms with Crippen LogP contribution in [0.4, 0.5) is 0 Å². The Morgan fingerprint density at radius 3 is 2.79 bits per heavy atom. The van der Waals surface area contributed by atoms with Crippen LogP contribution in [-0.2, 0) is 11.8 Å². The van der Waals surface area contributed by atoms with E-state index in [2.05, 4.69) is 15.8 Å². The molecule has 5 nitrogen and oxygen atoms in total. The topological polar surface area (TPSA) is 73.8 Å². The van der Waals surface area contributed by atoms with Crippen LogP contribution in [-0.4, -0.2) is 21.2 Å². The minimum absolute atomic E-state index is 0.250. The molecule has 0 spiro atoms. The van der Waals surface area contributed by atoms with E-state index in [-0.39, 0.29) is 6.41 Å². The predicted octanol–water partition coefficient (Wildman–Crippen LogP) is 0.378. The molecule has 0 aliphatic rings. The number of carbonyl (C=O) groups is 1. The summed E-state index contributed by atoms with van der Waals surface area (Å²) in [5.41, 5.74) is 6.15. The standard InChI is InChI=1S/C8H9N3.CH3NO/c1-6-7-4-3-5-9-8(7)11(2)10-6;2-1-3/h3-5H,1-2H3;1H,(H2,2,3). The number of primary amides is 1. The molecule has 0 aromatic carbocycles. The molecule has 2 aromatic heterocycles. The maximum absolute atomic E-state index is 8.58. The van der Waals surface area contributed by atoms with Crippen molar-refractivity contribution in [3.05, 3.63) is 24.0 Å². The van der Waals surface area contributed by atoms with Gasteiger partial charge in [0, 0.05) is 18.6 Å². The van der Waals surface area contributed by atoms with Crippen LogP contribution in [0.3, 0.4) is 0 Å². The van der Waals surface area contributed by atoms with E-state index in [1.807, 2.05) is 26.1 Å². The van der Waals surface area contributed by atoms with Crippen molar-refractivity contribution in [1.82, 2.24) is 14.8 Å². The van der Waals surface area contributed by atoms with Crippen LogP contribution in [0.25, 0.3) is 11.0 Å². The molecule has 0 saturated heterocycles. The number of amides is 1. The quantitative estimate of drug-likeness (QED) is 0.613. The summed E-state index contributed by atoms with van der Waals surface area (Å²) in [6, 6.07) is 3.96. The zero-order chi connectivity index (χ0) is 10.6. The summed E-state index contributed by atoms with van der Waals surface area (Å²) in [6.07, 6.45) is 2.03. The lowest BCUT2D eigenvalue weighted by Gasteiger charge is -1.89. The minimum Gasteiger partial charge on any atom is -0.372 e. The van der Waals surface area contributed by atoms with Gasteiger partial charge in [-0.2, -0.15) is 5.10 Å². The van der Waals surface area contributed by atoms with Gasteiger partial charge in [0.1, 0.15) is 0 Å². The average molecular weight is 192 g/mol. The highest BCUT2D eigenvalue weighted by Crippen LogP contribution is 2.12. The third-order valence-electron chi connectivity index (χ3n) is 1.78. The molecule has 2 rings (SSSR count). The number of carbonyl (C=O) groups excluding carboxylic acids is 1. The van der Waals surface area contributed by atoms with Gasteiger partial charge >= 0.3 is 0 Å². The van der Waals surface area contributed by atoms with Gasteiger partial charge in [0.05, 0.1) is 5.69 Å². The van der Waals surface area contributed by atoms with Crippen molar-refractivity contribution in [2.75, 3.05) is 0 Å². The van der Waals surface area contributed by atoms with Gasteiger partial charge in [-0.05, 0) is 19.1 Å². The second-order valence-corrected chi connectivity index (χ2v) is 2.72. The lowest BCUT2D eigenvalue weighted by Crippen LogP contribution is -1.90. The molecule has 14 heavy (non-hydrogen) atoms. The Kier molecular flexibility index (Phi) is 3.17. The third kappa shape index (κ3) is 1.87.